The van der Waals surface area contributed by atoms with E-state index in [-0.39, 0.29) is 0 Å². The molecule has 20 aromatic rings. The molecule has 0 bridgehead atoms. The van der Waals surface area contributed by atoms with E-state index in [1.54, 1.807) is 56.9 Å². The Bertz CT molecular complexity index is 6350. The number of para-hydroxylation sites is 1. The van der Waals surface area contributed by atoms with Crippen LogP contribution in [0.4, 0.5) is 28.8 Å². The van der Waals surface area contributed by atoms with Crippen LogP contribution >= 0.6 is 11.3 Å². The van der Waals surface area contributed by atoms with Gasteiger partial charge in [-0.05, 0) is 120 Å². The van der Waals surface area contributed by atoms with Crippen LogP contribution in [0.2, 0.25) is 0 Å². The van der Waals surface area contributed by atoms with Gasteiger partial charge in [-0.25, -0.2) is 19.9 Å². The number of nitrogens with one attached hydrogen (secondary N) is 5. The Morgan fingerprint density at radius 2 is 0.982 bits per heavy atom. The second-order valence-corrected chi connectivity index (χ2v) is 25.8. The molecular weight excluding hydrogens is 1410 g/mol. The Morgan fingerprint density at radius 1 is 0.441 bits per heavy atom. The average Bonchev–Trinajstić information content (AvgIpc) is 1.76. The monoisotopic (exact) mass is 1480 g/mol. The minimum atomic E-state index is 0.407. The number of pyridine rings is 4. The third-order valence-corrected chi connectivity index (χ3v) is 18.8. The van der Waals surface area contributed by atoms with Crippen LogP contribution in [0.25, 0.3) is 99.8 Å². The predicted molar refractivity (Wildman–Crippen MR) is 429 cm³/mol. The number of methoxy groups -OCH3 is 1. The van der Waals surface area contributed by atoms with E-state index in [0.717, 1.165) is 123 Å². The van der Waals surface area contributed by atoms with Gasteiger partial charge in [-0.3, -0.25) is 14.4 Å². The first-order valence-electron chi connectivity index (χ1n) is 35.3. The lowest BCUT2D eigenvalue weighted by molar-refractivity contribution is 0.304. The highest BCUT2D eigenvalue weighted by Crippen LogP contribution is 2.31. The number of hydrogen-bond donors (Lipinski definition) is 5. The number of H-pyrrole nitrogens is 1. The molecule has 0 aliphatic carbocycles. The molecule has 6 aromatic carbocycles. The largest absolute Gasteiger partial charge is 0.497 e. The lowest BCUT2D eigenvalue weighted by Gasteiger charge is -2.10. The van der Waals surface area contributed by atoms with Crippen molar-refractivity contribution < 1.29 is 9.47 Å². The van der Waals surface area contributed by atoms with Gasteiger partial charge in [0.2, 0.25) is 5.95 Å². The van der Waals surface area contributed by atoms with Crippen LogP contribution in [0.1, 0.15) is 23.2 Å². The third kappa shape index (κ3) is 15.7. The van der Waals surface area contributed by atoms with Crippen molar-refractivity contribution in [2.75, 3.05) is 28.4 Å². The maximum Gasteiger partial charge on any atom is 0.229 e. The lowest BCUT2D eigenvalue weighted by atomic mass is 10.1. The van der Waals surface area contributed by atoms with Crippen molar-refractivity contribution in [3.05, 3.63) is 321 Å². The van der Waals surface area contributed by atoms with Crippen molar-refractivity contribution >= 4 is 95.0 Å². The van der Waals surface area contributed by atoms with Crippen LogP contribution in [-0.4, -0.2) is 111 Å². The van der Waals surface area contributed by atoms with Crippen LogP contribution in [0.3, 0.4) is 0 Å². The number of thiophene rings is 1. The zero-order valence-corrected chi connectivity index (χ0v) is 60.1. The highest BCUT2D eigenvalue weighted by Gasteiger charge is 2.16. The number of aromatic nitrogens is 21. The molecule has 0 fully saturated rings. The lowest BCUT2D eigenvalue weighted by Crippen LogP contribution is -2.08. The summed E-state index contributed by atoms with van der Waals surface area (Å²) in [5, 5.41) is 55.8. The normalized spacial score (nSPS) is 11.1. The summed E-state index contributed by atoms with van der Waals surface area (Å²) >= 11 is 1.67. The molecule has 0 unspecified atom stereocenters. The fourth-order valence-corrected chi connectivity index (χ4v) is 13.1. The van der Waals surface area contributed by atoms with E-state index >= 15 is 0 Å². The number of fused-ring (bicyclic) bond motifs is 7. The molecule has 0 aliphatic rings. The number of nitrogens with zero attached hydrogens (tertiary/aromatic N) is 20. The predicted octanol–water partition coefficient (Wildman–Crippen LogP) is 15.8. The topological polar surface area (TPSA) is 306 Å². The summed E-state index contributed by atoms with van der Waals surface area (Å²) in [6.07, 6.45) is 12.6. The maximum atomic E-state index is 6.15. The first-order valence-corrected chi connectivity index (χ1v) is 36.2. The number of hydrogen-bond acceptors (Lipinski definition) is 23. The molecule has 5 N–H and O–H groups in total. The molecule has 0 aliphatic heterocycles. The molecule has 28 heteroatoms. The van der Waals surface area contributed by atoms with Crippen molar-refractivity contribution in [2.45, 2.75) is 26.2 Å². The van der Waals surface area contributed by atoms with Crippen molar-refractivity contribution in [1.82, 2.24) is 104 Å². The minimum absolute atomic E-state index is 0.407. The number of anilines is 5. The van der Waals surface area contributed by atoms with E-state index in [4.69, 9.17) is 19.7 Å². The van der Waals surface area contributed by atoms with Gasteiger partial charge in [-0.1, -0.05) is 140 Å². The number of ether oxygens (including phenoxy) is 2. The Hall–Kier alpha value is -15.3. The molecule has 0 spiro atoms. The van der Waals surface area contributed by atoms with Gasteiger partial charge >= 0.3 is 0 Å². The molecule has 14 aromatic heterocycles. The molecule has 27 nitrogen and oxygen atoms in total. The summed E-state index contributed by atoms with van der Waals surface area (Å²) in [5.41, 5.74) is 18.4. The SMILES string of the molecule is COc1ccc2c(OCc3cnc4ccc(-c5ccccc5)cn34)ccnc2c1.c1ccc(-c2ccc3nnc(CNc4ccnc5ccsc45)n3n2)cc1.c1ccc(-c2ccc3nnc(CNc4ccnc5nc[nH]c45)n3n2)cc1.c1ccc(Nc2nccc(NCc3nnc4ccc(-c5ccccc5)nn34)n2)cc1. The smallest absolute Gasteiger partial charge is 0.229 e. The minimum Gasteiger partial charge on any atom is -0.497 e. The highest BCUT2D eigenvalue weighted by molar-refractivity contribution is 7.17. The first-order chi connectivity index (χ1) is 54.9. The Labute approximate surface area is 636 Å². The average molecular weight is 1480 g/mol. The number of aromatic amines is 1. The van der Waals surface area contributed by atoms with Crippen LogP contribution < -0.4 is 30.7 Å². The van der Waals surface area contributed by atoms with Crippen LogP contribution in [0.5, 0.6) is 11.5 Å². The van der Waals surface area contributed by atoms with E-state index in [9.17, 15) is 0 Å². The van der Waals surface area contributed by atoms with E-state index in [2.05, 4.69) is 126 Å². The zero-order valence-electron chi connectivity index (χ0n) is 59.3. The quantitative estimate of drug-likeness (QED) is 0.0502. The van der Waals surface area contributed by atoms with Gasteiger partial charge in [-0.2, -0.15) is 33.8 Å². The van der Waals surface area contributed by atoms with Gasteiger partial charge in [0.05, 0.1) is 89.2 Å². The summed E-state index contributed by atoms with van der Waals surface area (Å²) in [7, 11) is 1.65. The molecule has 0 radical (unpaired) electrons. The molecule has 0 saturated heterocycles. The number of imidazole rings is 2. The van der Waals surface area contributed by atoms with Gasteiger partial charge in [0.15, 0.2) is 40.1 Å². The fraction of sp³-hybridized carbons (Fsp3) is 0.0602. The zero-order chi connectivity index (χ0) is 74.5. The van der Waals surface area contributed by atoms with Gasteiger partial charge in [-0.15, -0.1) is 41.9 Å². The fourth-order valence-electron chi connectivity index (χ4n) is 12.3. The second kappa shape index (κ2) is 32.2. The van der Waals surface area contributed by atoms with Crippen molar-refractivity contribution in [1.29, 1.82) is 0 Å². The van der Waals surface area contributed by atoms with Gasteiger partial charge in [0.25, 0.3) is 0 Å². The third-order valence-electron chi connectivity index (χ3n) is 17.8. The number of rotatable bonds is 19. The van der Waals surface area contributed by atoms with E-state index in [0.29, 0.717) is 60.8 Å². The Morgan fingerprint density at radius 3 is 1.60 bits per heavy atom. The molecule has 111 heavy (non-hydrogen) atoms. The summed E-state index contributed by atoms with van der Waals surface area (Å²) in [5.74, 6) is 4.94. The molecule has 20 rings (SSSR count). The molecule has 0 atom stereocenters. The maximum absolute atomic E-state index is 6.15. The molecule has 0 saturated carbocycles. The highest BCUT2D eigenvalue weighted by atomic mass is 32.1. The van der Waals surface area contributed by atoms with Crippen molar-refractivity contribution in [3.63, 3.8) is 0 Å². The molecule has 0 amide bonds. The van der Waals surface area contributed by atoms with Crippen molar-refractivity contribution in [3.8, 4) is 56.4 Å². The van der Waals surface area contributed by atoms with E-state index in [1.807, 2.05) is 248 Å². The van der Waals surface area contributed by atoms with Crippen LogP contribution in [0.15, 0.2) is 298 Å². The van der Waals surface area contributed by atoms with E-state index in [1.165, 1.54) is 5.56 Å². The Kier molecular flexibility index (Phi) is 19.9. The summed E-state index contributed by atoms with van der Waals surface area (Å²) in [4.78, 5) is 33.5. The number of benzene rings is 6. The summed E-state index contributed by atoms with van der Waals surface area (Å²) < 4.78 is 20.0. The van der Waals surface area contributed by atoms with Gasteiger partial charge < -0.3 is 35.7 Å². The summed E-state index contributed by atoms with van der Waals surface area (Å²) in [6.45, 7) is 1.84. The molecular formula is C83H65N25O2S. The molecule has 540 valence electrons. The second-order valence-electron chi connectivity index (χ2n) is 24.9. The first kappa shape index (κ1) is 68.8. The molecule has 14 heterocycles. The van der Waals surface area contributed by atoms with Gasteiger partial charge in [0.1, 0.15) is 35.1 Å². The van der Waals surface area contributed by atoms with Gasteiger partial charge in [0, 0.05) is 64.8 Å². The van der Waals surface area contributed by atoms with E-state index < -0.39 is 0 Å². The summed E-state index contributed by atoms with van der Waals surface area (Å²) in [6, 6.07) is 81.4. The van der Waals surface area contributed by atoms with Crippen LogP contribution in [-0.2, 0) is 26.2 Å². The Balaban J connectivity index is 0.000000108. The standard InChI is InChI=1S/C24H19N3O2.C22H18N8.C19H14N6S.C18H14N8/c1-28-20-8-9-21-22(13-20)25-12-11-23(21)29-16-19-14-26-24-10-7-18(15-27(19)24)17-5-3-2-4-6-17;1-3-7-16(8-4-1)18-11-12-20-27-28-21(30(20)29-18)15-24-19-13-14-23-22(26-19)25-17-9-5-2-6-10-17;1-2-4-13(5-3-1)14-6-7-17-22-23-18(25(17)24-14)12-21-15-8-10-20-16-9-11-26-19(15)16;1-2-4-12(5-3-1)13-6-7-15-23-24-16(26(15)25-13)10-20-14-8-9-19-18-17(14)21-11-22-18/h2-15H,16H2,1H3;1-14H,15H2,(H2,23,24,25,26);1-11H,12H2,(H,20,21);1-9,11H,10H2,(H2,19,20,21,22). The van der Waals surface area contributed by atoms with Crippen molar-refractivity contribution in [2.24, 2.45) is 0 Å². The van der Waals surface area contributed by atoms with Crippen LogP contribution in [0, 0.1) is 0 Å².